The Morgan fingerprint density at radius 3 is 2.71 bits per heavy atom. The van der Waals surface area contributed by atoms with Gasteiger partial charge >= 0.3 is 0 Å². The fourth-order valence-electron chi connectivity index (χ4n) is 3.33. The van der Waals surface area contributed by atoms with Gasteiger partial charge in [-0.3, -0.25) is 0 Å². The van der Waals surface area contributed by atoms with E-state index < -0.39 is 0 Å². The number of nitrogens with zero attached hydrogens (tertiary/aromatic N) is 2. The Labute approximate surface area is 140 Å². The molecule has 114 valence electrons. The van der Waals surface area contributed by atoms with Crippen LogP contribution in [-0.2, 0) is 6.42 Å². The van der Waals surface area contributed by atoms with Crippen molar-refractivity contribution in [2.75, 3.05) is 12.1 Å². The molecule has 0 atom stereocenters. The van der Waals surface area contributed by atoms with Crippen molar-refractivity contribution in [2.24, 2.45) is 0 Å². The second kappa shape index (κ2) is 6.80. The van der Waals surface area contributed by atoms with E-state index >= 15 is 0 Å². The first-order chi connectivity index (χ1) is 10.2. The summed E-state index contributed by atoms with van der Waals surface area (Å²) < 4.78 is 2.42. The molecule has 1 saturated carbocycles. The summed E-state index contributed by atoms with van der Waals surface area (Å²) in [4.78, 5) is 4.77. The Balaban J connectivity index is 1.97. The minimum atomic E-state index is 0.554. The predicted octanol–water partition coefficient (Wildman–Crippen LogP) is 5.32. The topological polar surface area (TPSA) is 17.8 Å². The summed E-state index contributed by atoms with van der Waals surface area (Å²) in [6, 6.07) is 6.57. The number of alkyl halides is 1. The van der Waals surface area contributed by atoms with Crippen molar-refractivity contribution in [3.8, 4) is 0 Å². The number of imidazole rings is 1. The molecule has 3 rings (SSSR count). The van der Waals surface area contributed by atoms with Gasteiger partial charge in [0.1, 0.15) is 5.82 Å². The van der Waals surface area contributed by atoms with Crippen molar-refractivity contribution in [3.63, 3.8) is 0 Å². The Morgan fingerprint density at radius 2 is 2.05 bits per heavy atom. The smallest absolute Gasteiger partial charge is 0.111 e. The molecular weight excluding hydrogens is 323 g/mol. The lowest BCUT2D eigenvalue weighted by Crippen LogP contribution is -2.21. The Kier molecular flexibility index (Phi) is 5.03. The van der Waals surface area contributed by atoms with Gasteiger partial charge in [0.25, 0.3) is 0 Å². The van der Waals surface area contributed by atoms with Gasteiger partial charge in [0.05, 0.1) is 11.0 Å². The molecule has 1 aliphatic carbocycles. The maximum Gasteiger partial charge on any atom is 0.111 e. The van der Waals surface area contributed by atoms with Gasteiger partial charge in [0.2, 0.25) is 0 Å². The molecular formula is C16H20Cl2N2S. The Hall–Kier alpha value is -0.380. The van der Waals surface area contributed by atoms with Crippen LogP contribution in [0.4, 0.5) is 0 Å². The number of fused-ring (bicyclic) bond motifs is 1. The van der Waals surface area contributed by atoms with Crippen LogP contribution in [0.25, 0.3) is 11.0 Å². The van der Waals surface area contributed by atoms with E-state index in [-0.39, 0.29) is 0 Å². The zero-order chi connectivity index (χ0) is 14.8. The Bertz CT molecular complexity index is 618. The highest BCUT2D eigenvalue weighted by Gasteiger charge is 2.25. The summed E-state index contributed by atoms with van der Waals surface area (Å²) >= 11 is 14.1. The minimum absolute atomic E-state index is 0.554. The monoisotopic (exact) mass is 342 g/mol. The quantitative estimate of drug-likeness (QED) is 0.700. The first-order valence-electron chi connectivity index (χ1n) is 7.48. The SMILES string of the molecule is CSC1CCC(n2c(CCCl)nc3cc(Cl)ccc32)CC1. The number of benzene rings is 1. The van der Waals surface area contributed by atoms with Crippen LogP contribution in [0.3, 0.4) is 0 Å². The number of rotatable bonds is 4. The molecule has 2 aromatic rings. The minimum Gasteiger partial charge on any atom is -0.325 e. The molecule has 21 heavy (non-hydrogen) atoms. The van der Waals surface area contributed by atoms with Crippen LogP contribution in [0.5, 0.6) is 0 Å². The second-order valence-corrected chi connectivity index (χ2v) is 7.59. The molecule has 0 aliphatic heterocycles. The van der Waals surface area contributed by atoms with Crippen molar-refractivity contribution >= 4 is 46.0 Å². The molecule has 0 amide bonds. The molecule has 5 heteroatoms. The summed E-state index contributed by atoms with van der Waals surface area (Å²) in [6.07, 6.45) is 8.08. The fraction of sp³-hybridized carbons (Fsp3) is 0.562. The highest BCUT2D eigenvalue weighted by Crippen LogP contribution is 2.36. The number of aryl methyl sites for hydroxylation is 1. The van der Waals surface area contributed by atoms with E-state index in [2.05, 4.69) is 16.9 Å². The number of hydrogen-bond donors (Lipinski definition) is 0. The van der Waals surface area contributed by atoms with E-state index in [0.29, 0.717) is 11.9 Å². The van der Waals surface area contributed by atoms with Crippen LogP contribution in [0.15, 0.2) is 18.2 Å². The van der Waals surface area contributed by atoms with Crippen LogP contribution in [0, 0.1) is 0 Å². The van der Waals surface area contributed by atoms with Crippen LogP contribution in [0.2, 0.25) is 5.02 Å². The Morgan fingerprint density at radius 1 is 1.29 bits per heavy atom. The molecule has 0 N–H and O–H groups in total. The maximum absolute atomic E-state index is 6.10. The summed E-state index contributed by atoms with van der Waals surface area (Å²) in [5, 5.41) is 1.57. The average molecular weight is 343 g/mol. The summed E-state index contributed by atoms with van der Waals surface area (Å²) in [7, 11) is 0. The van der Waals surface area contributed by atoms with E-state index in [1.807, 2.05) is 23.9 Å². The number of halogens is 2. The lowest BCUT2D eigenvalue weighted by Gasteiger charge is -2.30. The van der Waals surface area contributed by atoms with E-state index in [1.54, 1.807) is 0 Å². The van der Waals surface area contributed by atoms with Gasteiger partial charge in [-0.05, 0) is 50.1 Å². The molecule has 1 aromatic heterocycles. The van der Waals surface area contributed by atoms with Gasteiger partial charge in [-0.2, -0.15) is 11.8 Å². The van der Waals surface area contributed by atoms with Gasteiger partial charge < -0.3 is 4.57 Å². The molecule has 0 bridgehead atoms. The van der Waals surface area contributed by atoms with Gasteiger partial charge in [-0.15, -0.1) is 11.6 Å². The molecule has 0 spiro atoms. The molecule has 1 aliphatic rings. The standard InChI is InChI=1S/C16H20Cl2N2S/c1-21-13-5-3-12(4-6-13)20-15-7-2-11(18)10-14(15)19-16(20)8-9-17/h2,7,10,12-13H,3-6,8-9H2,1H3. The van der Waals surface area contributed by atoms with Crippen molar-refractivity contribution in [2.45, 2.75) is 43.4 Å². The molecule has 0 radical (unpaired) electrons. The normalized spacial score (nSPS) is 22.8. The molecule has 1 aromatic carbocycles. The third-order valence-electron chi connectivity index (χ3n) is 4.38. The first kappa shape index (κ1) is 15.5. The first-order valence-corrected chi connectivity index (χ1v) is 9.68. The largest absolute Gasteiger partial charge is 0.325 e. The third-order valence-corrected chi connectivity index (χ3v) is 5.95. The molecule has 0 saturated heterocycles. The molecule has 0 unspecified atom stereocenters. The van der Waals surface area contributed by atoms with Gasteiger partial charge in [0.15, 0.2) is 0 Å². The summed E-state index contributed by atoms with van der Waals surface area (Å²) in [6.45, 7) is 0. The van der Waals surface area contributed by atoms with Crippen molar-refractivity contribution in [3.05, 3.63) is 29.0 Å². The third kappa shape index (κ3) is 3.20. The predicted molar refractivity (Wildman–Crippen MR) is 94.0 cm³/mol. The fourth-order valence-corrected chi connectivity index (χ4v) is 4.41. The number of aromatic nitrogens is 2. The van der Waals surface area contributed by atoms with Crippen LogP contribution >= 0.6 is 35.0 Å². The van der Waals surface area contributed by atoms with Crippen molar-refractivity contribution < 1.29 is 0 Å². The zero-order valence-corrected chi connectivity index (χ0v) is 14.5. The van der Waals surface area contributed by atoms with Crippen molar-refractivity contribution in [1.82, 2.24) is 9.55 Å². The van der Waals surface area contributed by atoms with E-state index in [0.717, 1.165) is 28.0 Å². The van der Waals surface area contributed by atoms with E-state index in [9.17, 15) is 0 Å². The van der Waals surface area contributed by atoms with Gasteiger partial charge in [0, 0.05) is 28.6 Å². The maximum atomic E-state index is 6.10. The molecule has 2 nitrogen and oxygen atoms in total. The zero-order valence-electron chi connectivity index (χ0n) is 12.2. The second-order valence-electron chi connectivity index (χ2n) is 5.64. The van der Waals surface area contributed by atoms with Crippen LogP contribution < -0.4 is 0 Å². The van der Waals surface area contributed by atoms with Crippen LogP contribution in [-0.4, -0.2) is 26.9 Å². The lowest BCUT2D eigenvalue weighted by molar-refractivity contribution is 0.359. The average Bonchev–Trinajstić information content (AvgIpc) is 2.85. The molecule has 1 heterocycles. The highest BCUT2D eigenvalue weighted by atomic mass is 35.5. The highest BCUT2D eigenvalue weighted by molar-refractivity contribution is 7.99. The van der Waals surface area contributed by atoms with Gasteiger partial charge in [-0.1, -0.05) is 11.6 Å². The molecule has 1 fully saturated rings. The van der Waals surface area contributed by atoms with E-state index in [1.165, 1.54) is 31.2 Å². The van der Waals surface area contributed by atoms with E-state index in [4.69, 9.17) is 28.2 Å². The lowest BCUT2D eigenvalue weighted by atomic mass is 9.94. The summed E-state index contributed by atoms with van der Waals surface area (Å²) in [5.41, 5.74) is 2.20. The number of hydrogen-bond acceptors (Lipinski definition) is 2. The summed E-state index contributed by atoms with van der Waals surface area (Å²) in [5.74, 6) is 1.71. The van der Waals surface area contributed by atoms with Crippen molar-refractivity contribution in [1.29, 1.82) is 0 Å². The van der Waals surface area contributed by atoms with Gasteiger partial charge in [-0.25, -0.2) is 4.98 Å². The van der Waals surface area contributed by atoms with Crippen LogP contribution in [0.1, 0.15) is 37.5 Å². The number of thioether (sulfide) groups is 1.